The van der Waals surface area contributed by atoms with Gasteiger partial charge in [0.25, 0.3) is 0 Å². The molecule has 6 nitrogen and oxygen atoms in total. The van der Waals surface area contributed by atoms with Crippen LogP contribution in [-0.4, -0.2) is 31.1 Å². The van der Waals surface area contributed by atoms with E-state index in [0.29, 0.717) is 11.6 Å². The van der Waals surface area contributed by atoms with Crippen LogP contribution in [0.1, 0.15) is 45.1 Å². The topological polar surface area (TPSA) is 88.0 Å². The Morgan fingerprint density at radius 3 is 2.94 bits per heavy atom. The summed E-state index contributed by atoms with van der Waals surface area (Å²) < 4.78 is 1.59. The summed E-state index contributed by atoms with van der Waals surface area (Å²) in [5.41, 5.74) is -0.236. The fourth-order valence-corrected chi connectivity index (χ4v) is 2.86. The van der Waals surface area contributed by atoms with Crippen LogP contribution >= 0.6 is 11.8 Å². The van der Waals surface area contributed by atoms with Crippen LogP contribution in [0.3, 0.4) is 0 Å². The van der Waals surface area contributed by atoms with E-state index < -0.39 is 11.2 Å². The molecule has 7 heteroatoms. The van der Waals surface area contributed by atoms with Crippen molar-refractivity contribution in [3.05, 3.63) is 10.5 Å². The quantitative estimate of drug-likeness (QED) is 0.736. The fraction of sp³-hybridized carbons (Fsp3) is 0.727. The monoisotopic (exact) mass is 271 g/mol. The van der Waals surface area contributed by atoms with Gasteiger partial charge in [0.05, 0.1) is 0 Å². The number of nitrogens with zero attached hydrogens (tertiary/aromatic N) is 2. The van der Waals surface area contributed by atoms with Gasteiger partial charge in [-0.2, -0.15) is 0 Å². The molecule has 1 aliphatic rings. The summed E-state index contributed by atoms with van der Waals surface area (Å²) in [7, 11) is 0. The van der Waals surface area contributed by atoms with E-state index in [-0.39, 0.29) is 11.7 Å². The number of carboxylic acids is 1. The minimum atomic E-state index is -0.841. The molecule has 2 N–H and O–H groups in total. The lowest BCUT2D eigenvalue weighted by atomic mass is 10.2. The number of aliphatic carboxylic acids is 1. The molecule has 1 aromatic rings. The van der Waals surface area contributed by atoms with Crippen LogP contribution < -0.4 is 5.69 Å². The molecule has 0 spiro atoms. The van der Waals surface area contributed by atoms with E-state index in [9.17, 15) is 9.59 Å². The molecule has 1 unspecified atom stereocenters. The van der Waals surface area contributed by atoms with Crippen molar-refractivity contribution >= 4 is 17.7 Å². The van der Waals surface area contributed by atoms with Gasteiger partial charge >= 0.3 is 11.7 Å². The second-order valence-electron chi connectivity index (χ2n) is 4.50. The minimum Gasteiger partial charge on any atom is -0.480 e. The molecule has 100 valence electrons. The largest absolute Gasteiger partial charge is 0.480 e. The zero-order valence-electron chi connectivity index (χ0n) is 10.3. The molecular formula is C11H17N3O3S. The van der Waals surface area contributed by atoms with E-state index in [1.165, 1.54) is 11.8 Å². The van der Waals surface area contributed by atoms with Crippen molar-refractivity contribution in [1.29, 1.82) is 0 Å². The Bertz CT molecular complexity index is 478. The smallest absolute Gasteiger partial charge is 0.344 e. The standard InChI is InChI=1S/C11H17N3O3S/c1-2-3-4-8(9(15)16)18-11-13-12-10(17)14(11)7-5-6-7/h7-8H,2-6H2,1H3,(H,12,17)(H,15,16). The summed E-state index contributed by atoms with van der Waals surface area (Å²) in [6, 6.07) is 0.208. The van der Waals surface area contributed by atoms with Crippen molar-refractivity contribution in [2.45, 2.75) is 55.5 Å². The first-order valence-electron chi connectivity index (χ1n) is 6.19. The van der Waals surface area contributed by atoms with Gasteiger partial charge in [-0.15, -0.1) is 5.10 Å². The number of nitrogens with one attached hydrogen (secondary N) is 1. The first kappa shape index (κ1) is 13.2. The number of rotatable bonds is 7. The van der Waals surface area contributed by atoms with Gasteiger partial charge in [0.15, 0.2) is 5.16 Å². The molecule has 18 heavy (non-hydrogen) atoms. The number of aromatic nitrogens is 3. The lowest BCUT2D eigenvalue weighted by Gasteiger charge is -2.11. The van der Waals surface area contributed by atoms with Crippen molar-refractivity contribution in [3.8, 4) is 0 Å². The third kappa shape index (κ3) is 2.95. The molecule has 1 heterocycles. The van der Waals surface area contributed by atoms with Crippen molar-refractivity contribution in [2.24, 2.45) is 0 Å². The fourth-order valence-electron chi connectivity index (χ4n) is 1.78. The molecule has 0 aromatic carbocycles. The molecule has 1 aromatic heterocycles. The second-order valence-corrected chi connectivity index (χ2v) is 5.67. The number of carboxylic acid groups (broad SMARTS) is 1. The highest BCUT2D eigenvalue weighted by atomic mass is 32.2. The van der Waals surface area contributed by atoms with Gasteiger partial charge in [0.1, 0.15) is 5.25 Å². The maximum absolute atomic E-state index is 11.6. The third-order valence-electron chi connectivity index (χ3n) is 2.93. The summed E-state index contributed by atoms with van der Waals surface area (Å²) >= 11 is 1.17. The first-order valence-corrected chi connectivity index (χ1v) is 7.07. The van der Waals surface area contributed by atoms with E-state index >= 15 is 0 Å². The van der Waals surface area contributed by atoms with E-state index in [1.807, 2.05) is 6.92 Å². The second kappa shape index (κ2) is 5.60. The molecule has 0 radical (unpaired) electrons. The van der Waals surface area contributed by atoms with Crippen molar-refractivity contribution in [1.82, 2.24) is 14.8 Å². The van der Waals surface area contributed by atoms with Gasteiger partial charge in [-0.3, -0.25) is 9.36 Å². The van der Waals surface area contributed by atoms with Crippen molar-refractivity contribution in [2.75, 3.05) is 0 Å². The number of thioether (sulfide) groups is 1. The maximum Gasteiger partial charge on any atom is 0.344 e. The molecule has 1 fully saturated rings. The molecule has 2 rings (SSSR count). The van der Waals surface area contributed by atoms with Crippen LogP contribution in [0.25, 0.3) is 0 Å². The number of aromatic amines is 1. The van der Waals surface area contributed by atoms with Crippen LogP contribution in [0.15, 0.2) is 9.95 Å². The number of carbonyl (C=O) groups is 1. The lowest BCUT2D eigenvalue weighted by Crippen LogP contribution is -2.20. The predicted molar refractivity (Wildman–Crippen MR) is 67.9 cm³/mol. The highest BCUT2D eigenvalue weighted by Gasteiger charge is 2.30. The van der Waals surface area contributed by atoms with Gasteiger partial charge in [-0.1, -0.05) is 31.5 Å². The Balaban J connectivity index is 2.10. The van der Waals surface area contributed by atoms with E-state index in [1.54, 1.807) is 4.57 Å². The molecule has 1 atom stereocenters. The van der Waals surface area contributed by atoms with E-state index in [4.69, 9.17) is 5.11 Å². The Hall–Kier alpha value is -1.24. The highest BCUT2D eigenvalue weighted by molar-refractivity contribution is 8.00. The van der Waals surface area contributed by atoms with Crippen LogP contribution in [-0.2, 0) is 4.79 Å². The van der Waals surface area contributed by atoms with Gasteiger partial charge < -0.3 is 5.11 Å². The van der Waals surface area contributed by atoms with Crippen molar-refractivity contribution < 1.29 is 9.90 Å². The Kier molecular flexibility index (Phi) is 4.11. The minimum absolute atomic E-state index is 0.208. The van der Waals surface area contributed by atoms with Gasteiger partial charge in [0.2, 0.25) is 0 Å². The Morgan fingerprint density at radius 2 is 2.39 bits per heavy atom. The predicted octanol–water partition coefficient (Wildman–Crippen LogP) is 1.64. The zero-order chi connectivity index (χ0) is 13.1. The van der Waals surface area contributed by atoms with E-state index in [2.05, 4.69) is 10.2 Å². The summed E-state index contributed by atoms with van der Waals surface area (Å²) in [5, 5.41) is 15.5. The number of H-pyrrole nitrogens is 1. The average Bonchev–Trinajstić information content (AvgIpc) is 3.09. The molecular weight excluding hydrogens is 254 g/mol. The summed E-state index contributed by atoms with van der Waals surface area (Å²) in [4.78, 5) is 22.7. The average molecular weight is 271 g/mol. The molecule has 0 aliphatic heterocycles. The third-order valence-corrected chi connectivity index (χ3v) is 4.15. The number of hydrogen-bond acceptors (Lipinski definition) is 4. The first-order chi connectivity index (χ1) is 8.63. The summed E-state index contributed by atoms with van der Waals surface area (Å²) in [6.07, 6.45) is 4.37. The zero-order valence-corrected chi connectivity index (χ0v) is 11.1. The normalized spacial score (nSPS) is 16.7. The maximum atomic E-state index is 11.6. The number of unbranched alkanes of at least 4 members (excludes halogenated alkanes) is 1. The van der Waals surface area contributed by atoms with Crippen LogP contribution in [0, 0.1) is 0 Å². The van der Waals surface area contributed by atoms with Crippen LogP contribution in [0.2, 0.25) is 0 Å². The van der Waals surface area contributed by atoms with E-state index in [0.717, 1.165) is 25.7 Å². The molecule has 1 aliphatic carbocycles. The summed E-state index contributed by atoms with van der Waals surface area (Å²) in [5.74, 6) is -0.841. The van der Waals surface area contributed by atoms with Crippen LogP contribution in [0.4, 0.5) is 0 Å². The molecule has 0 amide bonds. The molecule has 0 bridgehead atoms. The summed E-state index contributed by atoms with van der Waals surface area (Å²) in [6.45, 7) is 2.03. The molecule has 0 saturated heterocycles. The Morgan fingerprint density at radius 1 is 1.67 bits per heavy atom. The Labute approximate surface area is 109 Å². The lowest BCUT2D eigenvalue weighted by molar-refractivity contribution is -0.136. The van der Waals surface area contributed by atoms with Crippen LogP contribution in [0.5, 0.6) is 0 Å². The SMILES string of the molecule is CCCCC(Sc1n[nH]c(=O)n1C1CC1)C(=O)O. The van der Waals surface area contributed by atoms with Crippen molar-refractivity contribution in [3.63, 3.8) is 0 Å². The van der Waals surface area contributed by atoms with Gasteiger partial charge in [-0.25, -0.2) is 9.89 Å². The van der Waals surface area contributed by atoms with Gasteiger partial charge in [-0.05, 0) is 19.3 Å². The molecule has 1 saturated carbocycles. The number of hydrogen-bond donors (Lipinski definition) is 2. The highest BCUT2D eigenvalue weighted by Crippen LogP contribution is 2.37. The van der Waals surface area contributed by atoms with Gasteiger partial charge in [0, 0.05) is 6.04 Å².